The van der Waals surface area contributed by atoms with Crippen LogP contribution < -0.4 is 9.47 Å². The predicted octanol–water partition coefficient (Wildman–Crippen LogP) is 4.38. The molecule has 0 heterocycles. The van der Waals surface area contributed by atoms with Gasteiger partial charge in [-0.1, -0.05) is 35.3 Å². The van der Waals surface area contributed by atoms with Crippen LogP contribution in [-0.2, 0) is 0 Å². The maximum Gasteiger partial charge on any atom is 0.168 e. The average molecular weight is 299 g/mol. The molecule has 19 heavy (non-hydrogen) atoms. The first kappa shape index (κ1) is 13.8. The van der Waals surface area contributed by atoms with E-state index in [4.69, 9.17) is 32.7 Å². The Morgan fingerprint density at radius 1 is 0.947 bits per heavy atom. The van der Waals surface area contributed by atoms with Gasteiger partial charge in [0, 0.05) is 17.2 Å². The summed E-state index contributed by atoms with van der Waals surface area (Å²) in [7, 11) is 3.12. The highest BCUT2D eigenvalue weighted by Crippen LogP contribution is 2.43. The first-order valence-electron chi connectivity index (χ1n) is 5.48. The van der Waals surface area contributed by atoms with Crippen LogP contribution in [0, 0.1) is 0 Å². The standard InChI is InChI=1S/C14H12Cl2O3/c1-18-13-5-3-4-8(14(13)19-2)9-6-11(16)12(17)7-10(9)15/h3-7,17H,1-2H3. The molecule has 0 aliphatic heterocycles. The molecule has 2 rings (SSSR count). The molecule has 5 heteroatoms. The van der Waals surface area contributed by atoms with Crippen molar-refractivity contribution in [3.8, 4) is 28.4 Å². The number of rotatable bonds is 3. The molecule has 0 aliphatic rings. The summed E-state index contributed by atoms with van der Waals surface area (Å²) < 4.78 is 10.6. The summed E-state index contributed by atoms with van der Waals surface area (Å²) in [6, 6.07) is 8.45. The fourth-order valence-corrected chi connectivity index (χ4v) is 2.27. The van der Waals surface area contributed by atoms with E-state index in [1.165, 1.54) is 6.07 Å². The van der Waals surface area contributed by atoms with Gasteiger partial charge in [-0.2, -0.15) is 0 Å². The van der Waals surface area contributed by atoms with Gasteiger partial charge >= 0.3 is 0 Å². The Hall–Kier alpha value is -1.58. The zero-order chi connectivity index (χ0) is 14.0. The zero-order valence-electron chi connectivity index (χ0n) is 10.4. The van der Waals surface area contributed by atoms with Crippen LogP contribution in [0.4, 0.5) is 0 Å². The number of phenolic OH excluding ortho intramolecular Hbond substituents is 1. The van der Waals surface area contributed by atoms with Crippen molar-refractivity contribution in [3.05, 3.63) is 40.4 Å². The summed E-state index contributed by atoms with van der Waals surface area (Å²) >= 11 is 12.1. The minimum Gasteiger partial charge on any atom is -0.506 e. The summed E-state index contributed by atoms with van der Waals surface area (Å²) in [6.45, 7) is 0. The van der Waals surface area contributed by atoms with Crippen LogP contribution in [0.15, 0.2) is 30.3 Å². The fourth-order valence-electron chi connectivity index (χ4n) is 1.84. The van der Waals surface area contributed by atoms with E-state index in [1.54, 1.807) is 26.4 Å². The van der Waals surface area contributed by atoms with Crippen molar-refractivity contribution < 1.29 is 14.6 Å². The van der Waals surface area contributed by atoms with Crippen molar-refractivity contribution >= 4 is 23.2 Å². The molecule has 0 aliphatic carbocycles. The van der Waals surface area contributed by atoms with E-state index in [0.717, 1.165) is 5.56 Å². The fraction of sp³-hybridized carbons (Fsp3) is 0.143. The van der Waals surface area contributed by atoms with Crippen molar-refractivity contribution in [2.75, 3.05) is 14.2 Å². The van der Waals surface area contributed by atoms with Crippen LogP contribution in [0.3, 0.4) is 0 Å². The molecular formula is C14H12Cl2O3. The molecule has 0 fully saturated rings. The van der Waals surface area contributed by atoms with Gasteiger partial charge < -0.3 is 14.6 Å². The Morgan fingerprint density at radius 2 is 1.68 bits per heavy atom. The smallest absolute Gasteiger partial charge is 0.168 e. The second kappa shape index (κ2) is 5.59. The van der Waals surface area contributed by atoms with E-state index in [9.17, 15) is 5.11 Å². The Bertz CT molecular complexity index is 612. The summed E-state index contributed by atoms with van der Waals surface area (Å²) in [5, 5.41) is 10.1. The molecule has 0 radical (unpaired) electrons. The third kappa shape index (κ3) is 2.57. The monoisotopic (exact) mass is 298 g/mol. The lowest BCUT2D eigenvalue weighted by atomic mass is 10.0. The van der Waals surface area contributed by atoms with E-state index in [-0.39, 0.29) is 10.8 Å². The van der Waals surface area contributed by atoms with E-state index in [0.29, 0.717) is 22.1 Å². The van der Waals surface area contributed by atoms with Crippen LogP contribution in [-0.4, -0.2) is 19.3 Å². The normalized spacial score (nSPS) is 10.3. The lowest BCUT2D eigenvalue weighted by Gasteiger charge is -2.14. The highest BCUT2D eigenvalue weighted by atomic mass is 35.5. The van der Waals surface area contributed by atoms with E-state index in [1.807, 2.05) is 12.1 Å². The lowest BCUT2D eigenvalue weighted by Crippen LogP contribution is -1.93. The van der Waals surface area contributed by atoms with Crippen molar-refractivity contribution in [3.63, 3.8) is 0 Å². The summed E-state index contributed by atoms with van der Waals surface area (Å²) in [4.78, 5) is 0. The van der Waals surface area contributed by atoms with Gasteiger partial charge in [0.15, 0.2) is 11.5 Å². The van der Waals surface area contributed by atoms with Crippen LogP contribution in [0.2, 0.25) is 10.0 Å². The van der Waals surface area contributed by atoms with Crippen molar-refractivity contribution in [2.24, 2.45) is 0 Å². The minimum atomic E-state index is -0.0581. The van der Waals surface area contributed by atoms with Gasteiger partial charge in [-0.15, -0.1) is 0 Å². The topological polar surface area (TPSA) is 38.7 Å². The SMILES string of the molecule is COc1cccc(-c2cc(Cl)c(O)cc2Cl)c1OC. The van der Waals surface area contributed by atoms with Gasteiger partial charge in [0.05, 0.1) is 24.3 Å². The number of aromatic hydroxyl groups is 1. The molecular weight excluding hydrogens is 287 g/mol. The molecule has 2 aromatic rings. The van der Waals surface area contributed by atoms with Gasteiger partial charge in [-0.3, -0.25) is 0 Å². The highest BCUT2D eigenvalue weighted by molar-refractivity contribution is 6.36. The quantitative estimate of drug-likeness (QED) is 0.914. The Labute approximate surface area is 121 Å². The first-order valence-corrected chi connectivity index (χ1v) is 6.23. The van der Waals surface area contributed by atoms with Gasteiger partial charge in [0.1, 0.15) is 5.75 Å². The van der Waals surface area contributed by atoms with Gasteiger partial charge in [0.25, 0.3) is 0 Å². The van der Waals surface area contributed by atoms with Crippen LogP contribution in [0.25, 0.3) is 11.1 Å². The average Bonchev–Trinajstić information content (AvgIpc) is 2.41. The maximum atomic E-state index is 9.53. The number of hydrogen-bond donors (Lipinski definition) is 1. The van der Waals surface area contributed by atoms with E-state index >= 15 is 0 Å². The third-order valence-electron chi connectivity index (χ3n) is 2.73. The summed E-state index contributed by atoms with van der Waals surface area (Å²) in [5.74, 6) is 1.10. The molecule has 0 atom stereocenters. The molecule has 1 N–H and O–H groups in total. The predicted molar refractivity (Wildman–Crippen MR) is 76.7 cm³/mol. The molecule has 2 aromatic carbocycles. The Balaban J connectivity index is 2.68. The molecule has 0 amide bonds. The van der Waals surface area contributed by atoms with Crippen LogP contribution in [0.5, 0.6) is 17.2 Å². The van der Waals surface area contributed by atoms with Crippen LogP contribution >= 0.6 is 23.2 Å². The number of halogens is 2. The minimum absolute atomic E-state index is 0.0581. The van der Waals surface area contributed by atoms with Gasteiger partial charge in [0.2, 0.25) is 0 Å². The largest absolute Gasteiger partial charge is 0.506 e. The number of hydrogen-bond acceptors (Lipinski definition) is 3. The number of ether oxygens (including phenoxy) is 2. The van der Waals surface area contributed by atoms with E-state index in [2.05, 4.69) is 0 Å². The zero-order valence-corrected chi connectivity index (χ0v) is 11.9. The summed E-state index contributed by atoms with van der Waals surface area (Å²) in [6.07, 6.45) is 0. The van der Waals surface area contributed by atoms with Crippen molar-refractivity contribution in [1.82, 2.24) is 0 Å². The van der Waals surface area contributed by atoms with Gasteiger partial charge in [-0.05, 0) is 12.1 Å². The second-order valence-corrected chi connectivity index (χ2v) is 4.64. The second-order valence-electron chi connectivity index (χ2n) is 3.82. The number of para-hydroxylation sites is 1. The van der Waals surface area contributed by atoms with Gasteiger partial charge in [-0.25, -0.2) is 0 Å². The number of methoxy groups -OCH3 is 2. The number of benzene rings is 2. The molecule has 0 saturated carbocycles. The number of phenols is 1. The first-order chi connectivity index (χ1) is 9.08. The molecule has 0 saturated heterocycles. The summed E-state index contributed by atoms with van der Waals surface area (Å²) in [5.41, 5.74) is 1.41. The highest BCUT2D eigenvalue weighted by Gasteiger charge is 2.15. The van der Waals surface area contributed by atoms with Crippen molar-refractivity contribution in [2.45, 2.75) is 0 Å². The third-order valence-corrected chi connectivity index (χ3v) is 3.35. The van der Waals surface area contributed by atoms with Crippen molar-refractivity contribution in [1.29, 1.82) is 0 Å². The lowest BCUT2D eigenvalue weighted by molar-refractivity contribution is 0.356. The molecule has 100 valence electrons. The van der Waals surface area contributed by atoms with E-state index < -0.39 is 0 Å². The molecule has 3 nitrogen and oxygen atoms in total. The molecule has 0 bridgehead atoms. The Morgan fingerprint density at radius 3 is 2.32 bits per heavy atom. The Kier molecular flexibility index (Phi) is 4.08. The molecule has 0 unspecified atom stereocenters. The maximum absolute atomic E-state index is 9.53. The molecule has 0 aromatic heterocycles. The van der Waals surface area contributed by atoms with Crippen LogP contribution in [0.1, 0.15) is 0 Å². The molecule has 0 spiro atoms.